The maximum atomic E-state index is 2.58. The van der Waals surface area contributed by atoms with Crippen molar-refractivity contribution in [2.24, 2.45) is 58.2 Å². The molecule has 0 aliphatic heterocycles. The van der Waals surface area contributed by atoms with Crippen LogP contribution in [0, 0.1) is 58.2 Å². The summed E-state index contributed by atoms with van der Waals surface area (Å²) in [6.07, 6.45) is 18.5. The molecule has 4 aliphatic rings. The minimum absolute atomic E-state index is 0.483. The molecular formula is C28H50. The fourth-order valence-electron chi connectivity index (χ4n) is 9.10. The van der Waals surface area contributed by atoms with Gasteiger partial charge in [-0.1, -0.05) is 80.1 Å². The molecule has 0 bridgehead atoms. The van der Waals surface area contributed by atoms with Crippen LogP contribution in [0.2, 0.25) is 0 Å². The van der Waals surface area contributed by atoms with Gasteiger partial charge in [-0.15, -0.1) is 0 Å². The average Bonchev–Trinajstić information content (AvgIpc) is 2.64. The van der Waals surface area contributed by atoms with Gasteiger partial charge < -0.3 is 0 Å². The van der Waals surface area contributed by atoms with Crippen molar-refractivity contribution in [2.45, 2.75) is 119 Å². The van der Waals surface area contributed by atoms with Crippen LogP contribution in [0.25, 0.3) is 0 Å². The minimum Gasteiger partial charge on any atom is -0.0599 e. The zero-order valence-electron chi connectivity index (χ0n) is 20.1. The van der Waals surface area contributed by atoms with Crippen LogP contribution in [0.15, 0.2) is 0 Å². The van der Waals surface area contributed by atoms with Gasteiger partial charge in [0.05, 0.1) is 0 Å². The van der Waals surface area contributed by atoms with Crippen LogP contribution in [-0.4, -0.2) is 0 Å². The Hall–Kier alpha value is 0. The van der Waals surface area contributed by atoms with Gasteiger partial charge in [-0.05, 0) is 96.7 Å². The Morgan fingerprint density at radius 1 is 0.429 bits per heavy atom. The van der Waals surface area contributed by atoms with Crippen LogP contribution < -0.4 is 0 Å². The summed E-state index contributed by atoms with van der Waals surface area (Å²) >= 11 is 0. The largest absolute Gasteiger partial charge is 0.0599 e. The molecule has 0 radical (unpaired) electrons. The minimum atomic E-state index is 0.483. The maximum absolute atomic E-state index is 2.58. The van der Waals surface area contributed by atoms with Gasteiger partial charge in [0.2, 0.25) is 0 Å². The summed E-state index contributed by atoms with van der Waals surface area (Å²) < 4.78 is 0. The molecule has 4 rings (SSSR count). The average molecular weight is 387 g/mol. The molecule has 28 heavy (non-hydrogen) atoms. The Bertz CT molecular complexity index is 469. The van der Waals surface area contributed by atoms with Gasteiger partial charge in [0.1, 0.15) is 0 Å². The predicted molar refractivity (Wildman–Crippen MR) is 122 cm³/mol. The van der Waals surface area contributed by atoms with E-state index in [1.807, 2.05) is 0 Å². The van der Waals surface area contributed by atoms with Crippen LogP contribution >= 0.6 is 0 Å². The molecule has 0 aromatic heterocycles. The Balaban J connectivity index is 1.75. The highest BCUT2D eigenvalue weighted by Gasteiger charge is 2.54. The summed E-state index contributed by atoms with van der Waals surface area (Å²) in [5.74, 6) is 8.22. The fourth-order valence-corrected chi connectivity index (χ4v) is 9.10. The van der Waals surface area contributed by atoms with Crippen molar-refractivity contribution in [2.75, 3.05) is 0 Å². The molecule has 4 saturated carbocycles. The second-order valence-electron chi connectivity index (χ2n) is 13.7. The second kappa shape index (κ2) is 7.92. The van der Waals surface area contributed by atoms with Gasteiger partial charge in [-0.2, -0.15) is 0 Å². The Labute approximate surface area is 177 Å². The molecule has 7 unspecified atom stereocenters. The van der Waals surface area contributed by atoms with Crippen molar-refractivity contribution in [3.05, 3.63) is 0 Å². The van der Waals surface area contributed by atoms with Crippen molar-refractivity contribution in [3.8, 4) is 0 Å². The molecule has 0 nitrogen and oxygen atoms in total. The molecule has 0 aromatic rings. The monoisotopic (exact) mass is 386 g/mol. The van der Waals surface area contributed by atoms with Crippen molar-refractivity contribution < 1.29 is 0 Å². The van der Waals surface area contributed by atoms with E-state index in [0.717, 1.165) is 47.3 Å². The summed E-state index contributed by atoms with van der Waals surface area (Å²) in [6.45, 7) is 15.5. The highest BCUT2D eigenvalue weighted by molar-refractivity contribution is 5.03. The van der Waals surface area contributed by atoms with Crippen molar-refractivity contribution in [1.29, 1.82) is 0 Å². The van der Waals surface area contributed by atoms with E-state index in [-0.39, 0.29) is 0 Å². The van der Waals surface area contributed by atoms with E-state index in [9.17, 15) is 0 Å². The number of hydrogen-bond donors (Lipinski definition) is 0. The first-order chi connectivity index (χ1) is 13.2. The lowest BCUT2D eigenvalue weighted by Crippen LogP contribution is -2.53. The van der Waals surface area contributed by atoms with E-state index in [2.05, 4.69) is 41.5 Å². The van der Waals surface area contributed by atoms with E-state index >= 15 is 0 Å². The normalized spacial score (nSPS) is 45.2. The summed E-state index contributed by atoms with van der Waals surface area (Å²) in [5.41, 5.74) is 0.967. The molecule has 0 aromatic carbocycles. The van der Waals surface area contributed by atoms with Crippen molar-refractivity contribution in [3.63, 3.8) is 0 Å². The Morgan fingerprint density at radius 3 is 1.14 bits per heavy atom. The topological polar surface area (TPSA) is 0 Å². The lowest BCUT2D eigenvalue weighted by atomic mass is 9.45. The molecule has 0 amide bonds. The number of hydrogen-bond acceptors (Lipinski definition) is 0. The first kappa shape index (κ1) is 21.2. The lowest BCUT2D eigenvalue weighted by Gasteiger charge is -2.60. The number of fused-ring (bicyclic) bond motifs is 2. The molecule has 0 spiro atoms. The summed E-state index contributed by atoms with van der Waals surface area (Å²) in [5, 5.41) is 0. The molecule has 0 heteroatoms. The van der Waals surface area contributed by atoms with Crippen LogP contribution in [-0.2, 0) is 0 Å². The quantitative estimate of drug-likeness (QED) is 0.422. The zero-order chi connectivity index (χ0) is 20.1. The highest BCUT2D eigenvalue weighted by Crippen LogP contribution is 2.62. The van der Waals surface area contributed by atoms with Gasteiger partial charge >= 0.3 is 0 Å². The summed E-state index contributed by atoms with van der Waals surface area (Å²) in [4.78, 5) is 0. The second-order valence-corrected chi connectivity index (χ2v) is 13.7. The van der Waals surface area contributed by atoms with Crippen molar-refractivity contribution in [1.82, 2.24) is 0 Å². The zero-order valence-corrected chi connectivity index (χ0v) is 20.1. The smallest absolute Gasteiger partial charge is 0.0316 e. The maximum Gasteiger partial charge on any atom is -0.0316 e. The molecule has 0 heterocycles. The van der Waals surface area contributed by atoms with E-state index in [1.54, 1.807) is 38.5 Å². The molecular weight excluding hydrogens is 336 g/mol. The predicted octanol–water partition coefficient (Wildman–Crippen LogP) is 8.74. The van der Waals surface area contributed by atoms with E-state index < -0.39 is 0 Å². The molecule has 4 fully saturated rings. The summed E-state index contributed by atoms with van der Waals surface area (Å²) in [6, 6.07) is 0. The first-order valence-electron chi connectivity index (χ1n) is 13.2. The van der Waals surface area contributed by atoms with Crippen LogP contribution in [0.3, 0.4) is 0 Å². The van der Waals surface area contributed by atoms with Gasteiger partial charge in [0.25, 0.3) is 0 Å². The van der Waals surface area contributed by atoms with Crippen molar-refractivity contribution >= 4 is 0 Å². The van der Waals surface area contributed by atoms with Crippen LogP contribution in [0.4, 0.5) is 0 Å². The highest BCUT2D eigenvalue weighted by atomic mass is 14.6. The standard InChI is InChI=1S/C28H50/c1-27(2,3)23-17-15-19-11-7-9-13-21(19)25(23)26-22-14-10-8-12-20(22)16-18-24(26)28(4,5)6/h19-26H,7-18H2,1-6H3/t19?,20?,21?,22?,23-,24?,25?,26?/m1/s1. The third kappa shape index (κ3) is 3.97. The third-order valence-corrected chi connectivity index (χ3v) is 10.2. The molecule has 8 atom stereocenters. The van der Waals surface area contributed by atoms with Gasteiger partial charge in [0, 0.05) is 0 Å². The van der Waals surface area contributed by atoms with Crippen LogP contribution in [0.5, 0.6) is 0 Å². The van der Waals surface area contributed by atoms with Gasteiger partial charge in [-0.25, -0.2) is 0 Å². The molecule has 0 saturated heterocycles. The number of rotatable bonds is 1. The lowest BCUT2D eigenvalue weighted by molar-refractivity contribution is -0.114. The van der Waals surface area contributed by atoms with Gasteiger partial charge in [-0.3, -0.25) is 0 Å². The van der Waals surface area contributed by atoms with Crippen LogP contribution in [0.1, 0.15) is 119 Å². The summed E-state index contributed by atoms with van der Waals surface area (Å²) in [7, 11) is 0. The molecule has 162 valence electrons. The fraction of sp³-hybridized carbons (Fsp3) is 1.00. The Kier molecular flexibility index (Phi) is 6.01. The third-order valence-electron chi connectivity index (χ3n) is 10.2. The van der Waals surface area contributed by atoms with E-state index in [4.69, 9.17) is 0 Å². The Morgan fingerprint density at radius 2 is 0.786 bits per heavy atom. The SMILES string of the molecule is CC(C)(C)C1CCC2CCCCC2C1C1C2CCCCC2CC[C@H]1C(C)(C)C. The van der Waals surface area contributed by atoms with E-state index in [0.29, 0.717) is 10.8 Å². The molecule has 4 aliphatic carbocycles. The molecule has 0 N–H and O–H groups in total. The first-order valence-corrected chi connectivity index (χ1v) is 13.2. The van der Waals surface area contributed by atoms with E-state index in [1.165, 1.54) is 38.5 Å². The van der Waals surface area contributed by atoms with Gasteiger partial charge in [0.15, 0.2) is 0 Å².